The Morgan fingerprint density at radius 2 is 2.18 bits per heavy atom. The number of methoxy groups -OCH3 is 1. The van der Waals surface area contributed by atoms with E-state index in [0.717, 1.165) is 26.5 Å². The van der Waals surface area contributed by atoms with Crippen molar-refractivity contribution in [3.63, 3.8) is 0 Å². The van der Waals surface area contributed by atoms with Crippen molar-refractivity contribution in [1.82, 2.24) is 15.2 Å². The molecule has 0 aliphatic carbocycles. The quantitative estimate of drug-likeness (QED) is 0.649. The van der Waals surface area contributed by atoms with E-state index < -0.39 is 6.09 Å². The highest BCUT2D eigenvalue weighted by molar-refractivity contribution is 9.10. The van der Waals surface area contributed by atoms with Crippen molar-refractivity contribution >= 4 is 44.6 Å². The van der Waals surface area contributed by atoms with Gasteiger partial charge in [-0.05, 0) is 51.3 Å². The van der Waals surface area contributed by atoms with E-state index in [1.165, 1.54) is 7.11 Å². The first-order valence-corrected chi connectivity index (χ1v) is 7.12. The first-order chi connectivity index (χ1) is 10.6. The van der Waals surface area contributed by atoms with Gasteiger partial charge in [-0.2, -0.15) is 5.10 Å². The van der Waals surface area contributed by atoms with Crippen LogP contribution < -0.4 is 11.1 Å². The summed E-state index contributed by atoms with van der Waals surface area (Å²) >= 11 is 3.50. The summed E-state index contributed by atoms with van der Waals surface area (Å²) in [6.07, 6.45) is 1.04. The number of hydrogen-bond donors (Lipinski definition) is 3. The number of nitrogens with one attached hydrogen (secondary N) is 2. The molecule has 0 fully saturated rings. The number of nitrogens with two attached hydrogens (primary N) is 1. The number of H-pyrrole nitrogens is 1. The number of pyridine rings is 1. The van der Waals surface area contributed by atoms with Crippen molar-refractivity contribution < 1.29 is 9.53 Å². The molecule has 1 amide bonds. The predicted octanol–water partition coefficient (Wildman–Crippen LogP) is 3.15. The largest absolute Gasteiger partial charge is 0.453 e. The number of anilines is 2. The minimum atomic E-state index is -0.569. The fraction of sp³-hybridized carbons (Fsp3) is 0.0714. The highest BCUT2D eigenvalue weighted by atomic mass is 79.9. The smallest absolute Gasteiger partial charge is 0.412 e. The van der Waals surface area contributed by atoms with Crippen LogP contribution in [0.25, 0.3) is 22.0 Å². The number of halogens is 1. The molecule has 1 aromatic carbocycles. The van der Waals surface area contributed by atoms with Crippen molar-refractivity contribution in [3.05, 3.63) is 34.9 Å². The number of benzene rings is 1. The second-order valence-electron chi connectivity index (χ2n) is 4.54. The molecule has 2 aromatic heterocycles. The zero-order chi connectivity index (χ0) is 15.7. The standard InChI is InChI=1S/C14H12BrN5O2/c1-22-14(21)18-11-6-7(2-3-17-11)8-4-9-12(10(15)5-8)19-20-13(9)16/h2-6H,1H3,(H3,16,19,20)(H,17,18,21). The van der Waals surface area contributed by atoms with E-state index in [4.69, 9.17) is 5.73 Å². The summed E-state index contributed by atoms with van der Waals surface area (Å²) < 4.78 is 5.41. The number of aromatic nitrogens is 3. The number of aromatic amines is 1. The van der Waals surface area contributed by atoms with Crippen LogP contribution in [-0.4, -0.2) is 28.4 Å². The summed E-state index contributed by atoms with van der Waals surface area (Å²) in [4.78, 5) is 15.3. The van der Waals surface area contributed by atoms with Crippen molar-refractivity contribution in [2.75, 3.05) is 18.2 Å². The van der Waals surface area contributed by atoms with Crippen molar-refractivity contribution in [1.29, 1.82) is 0 Å². The lowest BCUT2D eigenvalue weighted by molar-refractivity contribution is 0.187. The number of nitrogens with zero attached hydrogens (tertiary/aromatic N) is 2. The molecule has 0 aliphatic rings. The molecule has 0 saturated carbocycles. The minimum absolute atomic E-state index is 0.403. The minimum Gasteiger partial charge on any atom is -0.453 e. The van der Waals surface area contributed by atoms with Gasteiger partial charge in [0.25, 0.3) is 0 Å². The third-order valence-corrected chi connectivity index (χ3v) is 3.79. The number of fused-ring (bicyclic) bond motifs is 1. The molecule has 4 N–H and O–H groups in total. The normalized spacial score (nSPS) is 10.6. The zero-order valence-electron chi connectivity index (χ0n) is 11.6. The number of ether oxygens (including phenoxy) is 1. The average molecular weight is 362 g/mol. The second-order valence-corrected chi connectivity index (χ2v) is 5.39. The van der Waals surface area contributed by atoms with Crippen molar-refractivity contribution in [3.8, 4) is 11.1 Å². The summed E-state index contributed by atoms with van der Waals surface area (Å²) in [6, 6.07) is 7.46. The maximum absolute atomic E-state index is 11.3. The van der Waals surface area contributed by atoms with Gasteiger partial charge in [0, 0.05) is 16.1 Å². The van der Waals surface area contributed by atoms with Gasteiger partial charge in [-0.15, -0.1) is 0 Å². The maximum atomic E-state index is 11.3. The van der Waals surface area contributed by atoms with Gasteiger partial charge in [0.05, 0.1) is 12.6 Å². The van der Waals surface area contributed by atoms with Crippen molar-refractivity contribution in [2.24, 2.45) is 0 Å². The molecule has 0 spiro atoms. The third-order valence-electron chi connectivity index (χ3n) is 3.16. The second kappa shape index (κ2) is 5.64. The van der Waals surface area contributed by atoms with Gasteiger partial charge < -0.3 is 10.5 Å². The Kier molecular flexibility index (Phi) is 3.68. The maximum Gasteiger partial charge on any atom is 0.412 e. The summed E-state index contributed by atoms with van der Waals surface area (Å²) in [5.74, 6) is 0.834. The van der Waals surface area contributed by atoms with Crippen LogP contribution in [0, 0.1) is 0 Å². The van der Waals surface area contributed by atoms with E-state index in [9.17, 15) is 4.79 Å². The molecule has 0 saturated heterocycles. The van der Waals surface area contributed by atoms with Crippen LogP contribution >= 0.6 is 15.9 Å². The Morgan fingerprint density at radius 3 is 2.95 bits per heavy atom. The summed E-state index contributed by atoms with van der Waals surface area (Å²) in [7, 11) is 1.30. The average Bonchev–Trinajstić information content (AvgIpc) is 2.89. The van der Waals surface area contributed by atoms with Gasteiger partial charge in [-0.25, -0.2) is 9.78 Å². The highest BCUT2D eigenvalue weighted by Crippen LogP contribution is 2.32. The third kappa shape index (κ3) is 2.60. The predicted molar refractivity (Wildman–Crippen MR) is 87.5 cm³/mol. The fourth-order valence-corrected chi connectivity index (χ4v) is 2.65. The Bertz CT molecular complexity index is 862. The lowest BCUT2D eigenvalue weighted by Crippen LogP contribution is -2.11. The van der Waals surface area contributed by atoms with Crippen LogP contribution in [0.15, 0.2) is 34.9 Å². The van der Waals surface area contributed by atoms with Crippen LogP contribution in [0.3, 0.4) is 0 Å². The monoisotopic (exact) mass is 361 g/mol. The van der Waals surface area contributed by atoms with Crippen molar-refractivity contribution in [2.45, 2.75) is 0 Å². The zero-order valence-corrected chi connectivity index (χ0v) is 13.1. The Balaban J connectivity index is 2.05. The highest BCUT2D eigenvalue weighted by Gasteiger charge is 2.10. The van der Waals surface area contributed by atoms with Crippen LogP contribution in [0.2, 0.25) is 0 Å². The van der Waals surface area contributed by atoms with Gasteiger partial charge >= 0.3 is 6.09 Å². The summed E-state index contributed by atoms with van der Waals surface area (Å²) in [5.41, 5.74) is 8.49. The molecular weight excluding hydrogens is 350 g/mol. The molecule has 0 bridgehead atoms. The van der Waals surface area contributed by atoms with Gasteiger partial charge in [0.1, 0.15) is 5.82 Å². The first-order valence-electron chi connectivity index (χ1n) is 6.33. The molecule has 0 atom stereocenters. The number of rotatable bonds is 2. The topological polar surface area (TPSA) is 106 Å². The molecule has 3 rings (SSSR count). The Labute approximate surface area is 134 Å². The molecule has 0 aliphatic heterocycles. The molecule has 0 unspecified atom stereocenters. The van der Waals surface area contributed by atoms with Gasteiger partial charge in [-0.3, -0.25) is 10.4 Å². The molecule has 22 heavy (non-hydrogen) atoms. The molecule has 7 nitrogen and oxygen atoms in total. The lowest BCUT2D eigenvalue weighted by atomic mass is 10.0. The van der Waals surface area contributed by atoms with E-state index in [1.807, 2.05) is 18.2 Å². The van der Waals surface area contributed by atoms with E-state index in [1.54, 1.807) is 12.3 Å². The first kappa shape index (κ1) is 14.3. The summed E-state index contributed by atoms with van der Waals surface area (Å²) in [5, 5.41) is 10.2. The lowest BCUT2D eigenvalue weighted by Gasteiger charge is -2.07. The van der Waals surface area contributed by atoms with Gasteiger partial charge in [-0.1, -0.05) is 0 Å². The number of hydrogen-bond acceptors (Lipinski definition) is 5. The molecular formula is C14H12BrN5O2. The van der Waals surface area contributed by atoms with E-state index in [-0.39, 0.29) is 0 Å². The van der Waals surface area contributed by atoms with Crippen LogP contribution in [-0.2, 0) is 4.74 Å². The van der Waals surface area contributed by atoms with Gasteiger partial charge in [0.2, 0.25) is 0 Å². The SMILES string of the molecule is COC(=O)Nc1cc(-c2cc(Br)c3[nH]nc(N)c3c2)ccn1. The summed E-state index contributed by atoms with van der Waals surface area (Å²) in [6.45, 7) is 0. The number of carbonyl (C=O) groups is 1. The van der Waals surface area contributed by atoms with E-state index in [0.29, 0.717) is 11.6 Å². The number of amides is 1. The van der Waals surface area contributed by atoms with Gasteiger partial charge in [0.15, 0.2) is 5.82 Å². The number of carbonyl (C=O) groups excluding carboxylic acids is 1. The molecule has 3 aromatic rings. The molecule has 2 heterocycles. The van der Waals surface area contributed by atoms with Crippen LogP contribution in [0.4, 0.5) is 16.4 Å². The molecule has 0 radical (unpaired) electrons. The van der Waals surface area contributed by atoms with E-state index in [2.05, 4.69) is 41.2 Å². The van der Waals surface area contributed by atoms with Crippen LogP contribution in [0.5, 0.6) is 0 Å². The fourth-order valence-electron chi connectivity index (χ4n) is 2.10. The van der Waals surface area contributed by atoms with Crippen LogP contribution in [0.1, 0.15) is 0 Å². The Morgan fingerprint density at radius 1 is 1.36 bits per heavy atom. The van der Waals surface area contributed by atoms with E-state index >= 15 is 0 Å². The molecule has 112 valence electrons. The Hall–Kier alpha value is -2.61. The number of nitrogen functional groups attached to an aromatic ring is 1. The molecule has 8 heteroatoms.